The molecule has 2 aliphatic heterocycles. The highest BCUT2D eigenvalue weighted by atomic mass is 16.6. The molecule has 2 saturated heterocycles. The number of piperazine rings is 1. The van der Waals surface area contributed by atoms with Crippen LogP contribution in [0.15, 0.2) is 47.6 Å². The van der Waals surface area contributed by atoms with E-state index < -0.39 is 0 Å². The fourth-order valence-corrected chi connectivity index (χ4v) is 5.56. The van der Waals surface area contributed by atoms with E-state index in [4.69, 9.17) is 19.7 Å². The van der Waals surface area contributed by atoms with Crippen molar-refractivity contribution < 1.29 is 9.57 Å². The van der Waals surface area contributed by atoms with Gasteiger partial charge in [0, 0.05) is 54.8 Å². The third-order valence-corrected chi connectivity index (χ3v) is 7.38. The van der Waals surface area contributed by atoms with Gasteiger partial charge in [-0.1, -0.05) is 29.8 Å². The maximum Gasteiger partial charge on any atom is 0.137 e. The molecule has 0 unspecified atom stereocenters. The Bertz CT molecular complexity index is 1250. The number of methoxy groups -OCH3 is 1. The number of nitrogens with one attached hydrogen (secondary N) is 1. The number of ether oxygens (including phenoxy) is 1. The zero-order valence-electron chi connectivity index (χ0n) is 20.4. The van der Waals surface area contributed by atoms with Gasteiger partial charge in [0.15, 0.2) is 0 Å². The molecule has 1 aromatic heterocycles. The van der Waals surface area contributed by atoms with Crippen molar-refractivity contribution in [2.75, 3.05) is 64.4 Å². The molecule has 3 aromatic rings. The number of anilines is 1. The summed E-state index contributed by atoms with van der Waals surface area (Å²) >= 11 is 0. The van der Waals surface area contributed by atoms with E-state index in [1.165, 1.54) is 19.3 Å². The van der Waals surface area contributed by atoms with E-state index in [-0.39, 0.29) is 0 Å². The second-order valence-corrected chi connectivity index (χ2v) is 9.53. The number of rotatable bonds is 6. The second-order valence-electron chi connectivity index (χ2n) is 9.53. The van der Waals surface area contributed by atoms with Crippen LogP contribution in [0.3, 0.4) is 0 Å². The zero-order chi connectivity index (χ0) is 23.6. The smallest absolute Gasteiger partial charge is 0.137 e. The monoisotopic (exact) mass is 471 g/mol. The van der Waals surface area contributed by atoms with Gasteiger partial charge in [-0.05, 0) is 55.8 Å². The average molecular weight is 472 g/mol. The molecule has 3 aliphatic rings. The summed E-state index contributed by atoms with van der Waals surface area (Å²) in [5.41, 5.74) is 6.33. The van der Waals surface area contributed by atoms with Crippen LogP contribution in [0.5, 0.6) is 5.75 Å². The SMILES string of the molecule is COc1ccc2c(c1)/C(=N\OCCN1CCCCC1)c1c-2c(N2CCNCC2)nc2ccccc12. The van der Waals surface area contributed by atoms with Crippen molar-refractivity contribution in [1.82, 2.24) is 15.2 Å². The fourth-order valence-electron chi connectivity index (χ4n) is 5.56. The Balaban J connectivity index is 1.45. The van der Waals surface area contributed by atoms with Crippen molar-refractivity contribution in [3.63, 3.8) is 0 Å². The predicted octanol–water partition coefficient (Wildman–Crippen LogP) is 3.89. The highest BCUT2D eigenvalue weighted by Gasteiger charge is 2.33. The molecule has 7 heteroatoms. The Morgan fingerprint density at radius 1 is 0.943 bits per heavy atom. The van der Waals surface area contributed by atoms with Crippen molar-refractivity contribution in [3.8, 4) is 16.9 Å². The minimum absolute atomic E-state index is 0.589. The zero-order valence-corrected chi connectivity index (χ0v) is 20.4. The molecule has 2 aromatic carbocycles. The molecule has 1 aliphatic carbocycles. The lowest BCUT2D eigenvalue weighted by molar-refractivity contribution is 0.103. The molecule has 35 heavy (non-hydrogen) atoms. The molecular formula is C28H33N5O2. The highest BCUT2D eigenvalue weighted by Crippen LogP contribution is 2.46. The molecule has 0 bridgehead atoms. The molecule has 0 saturated carbocycles. The number of nitrogens with zero attached hydrogens (tertiary/aromatic N) is 4. The van der Waals surface area contributed by atoms with Gasteiger partial charge in [0.25, 0.3) is 0 Å². The standard InChI is InChI=1S/C28H33N5O2/c1-34-20-9-10-21-23(19-20)27(31-35-18-17-32-13-5-2-6-14-32)25-22-7-3-4-8-24(22)30-28(26(21)25)33-15-11-29-12-16-33/h3-4,7-10,19,29H,2,5-6,11-18H2,1H3/b31-27+. The first kappa shape index (κ1) is 22.3. The summed E-state index contributed by atoms with van der Waals surface area (Å²) in [7, 11) is 1.71. The number of piperidine rings is 1. The number of aromatic nitrogens is 1. The van der Waals surface area contributed by atoms with E-state index in [0.29, 0.717) is 6.61 Å². The summed E-state index contributed by atoms with van der Waals surface area (Å²) in [6.45, 7) is 7.60. The van der Waals surface area contributed by atoms with Crippen LogP contribution in [0.4, 0.5) is 5.82 Å². The molecule has 0 amide bonds. The number of hydrogen-bond acceptors (Lipinski definition) is 7. The molecule has 0 radical (unpaired) electrons. The lowest BCUT2D eigenvalue weighted by atomic mass is 10.0. The Morgan fingerprint density at radius 3 is 2.60 bits per heavy atom. The lowest BCUT2D eigenvalue weighted by Crippen LogP contribution is -2.44. The molecule has 3 heterocycles. The van der Waals surface area contributed by atoms with Crippen LogP contribution in [0, 0.1) is 0 Å². The number of fused-ring (bicyclic) bond motifs is 5. The molecule has 182 valence electrons. The minimum atomic E-state index is 0.589. The molecule has 0 atom stereocenters. The lowest BCUT2D eigenvalue weighted by Gasteiger charge is -2.30. The van der Waals surface area contributed by atoms with E-state index in [1.807, 2.05) is 6.07 Å². The Labute approximate surface area is 206 Å². The third kappa shape index (κ3) is 4.23. The summed E-state index contributed by atoms with van der Waals surface area (Å²) in [6.07, 6.45) is 3.90. The summed E-state index contributed by atoms with van der Waals surface area (Å²) in [6, 6.07) is 14.6. The molecule has 1 N–H and O–H groups in total. The van der Waals surface area contributed by atoms with Gasteiger partial charge in [0.05, 0.1) is 12.6 Å². The van der Waals surface area contributed by atoms with Gasteiger partial charge in [-0.25, -0.2) is 4.98 Å². The first-order valence-corrected chi connectivity index (χ1v) is 12.8. The first-order valence-electron chi connectivity index (χ1n) is 12.8. The van der Waals surface area contributed by atoms with Crippen molar-refractivity contribution in [2.45, 2.75) is 19.3 Å². The van der Waals surface area contributed by atoms with Crippen LogP contribution in [0.25, 0.3) is 22.0 Å². The van der Waals surface area contributed by atoms with Crippen molar-refractivity contribution in [2.24, 2.45) is 5.16 Å². The number of para-hydroxylation sites is 1. The Hall–Kier alpha value is -3.16. The van der Waals surface area contributed by atoms with Crippen LogP contribution in [0.2, 0.25) is 0 Å². The largest absolute Gasteiger partial charge is 0.497 e. The average Bonchev–Trinajstić information content (AvgIpc) is 3.25. The van der Waals surface area contributed by atoms with Gasteiger partial charge in [-0.2, -0.15) is 0 Å². The first-order chi connectivity index (χ1) is 17.3. The van der Waals surface area contributed by atoms with Gasteiger partial charge in [-0.15, -0.1) is 0 Å². The summed E-state index contributed by atoms with van der Waals surface area (Å²) in [5.74, 6) is 1.85. The Kier molecular flexibility index (Phi) is 6.27. The van der Waals surface area contributed by atoms with Gasteiger partial charge in [0.2, 0.25) is 0 Å². The summed E-state index contributed by atoms with van der Waals surface area (Å²) < 4.78 is 5.59. The molecule has 2 fully saturated rings. The maximum absolute atomic E-state index is 6.00. The van der Waals surface area contributed by atoms with E-state index >= 15 is 0 Å². The van der Waals surface area contributed by atoms with Gasteiger partial charge < -0.3 is 19.8 Å². The fraction of sp³-hybridized carbons (Fsp3) is 0.429. The van der Waals surface area contributed by atoms with E-state index in [0.717, 1.165) is 96.2 Å². The third-order valence-electron chi connectivity index (χ3n) is 7.38. The van der Waals surface area contributed by atoms with Crippen molar-refractivity contribution >= 4 is 22.4 Å². The quantitative estimate of drug-likeness (QED) is 0.340. The van der Waals surface area contributed by atoms with Crippen LogP contribution < -0.4 is 15.0 Å². The Morgan fingerprint density at radius 2 is 1.77 bits per heavy atom. The highest BCUT2D eigenvalue weighted by molar-refractivity contribution is 6.30. The number of benzene rings is 2. The van der Waals surface area contributed by atoms with Crippen LogP contribution in [-0.2, 0) is 4.84 Å². The van der Waals surface area contributed by atoms with Gasteiger partial charge in [0.1, 0.15) is 23.9 Å². The normalized spacial score (nSPS) is 19.1. The number of pyridine rings is 1. The van der Waals surface area contributed by atoms with Crippen molar-refractivity contribution in [1.29, 1.82) is 0 Å². The van der Waals surface area contributed by atoms with Crippen molar-refractivity contribution in [3.05, 3.63) is 53.6 Å². The number of hydrogen-bond donors (Lipinski definition) is 1. The summed E-state index contributed by atoms with van der Waals surface area (Å²) in [4.78, 5) is 16.0. The summed E-state index contributed by atoms with van der Waals surface area (Å²) in [5, 5.41) is 9.34. The van der Waals surface area contributed by atoms with Crippen LogP contribution in [-0.4, -0.2) is 75.1 Å². The molecule has 7 nitrogen and oxygen atoms in total. The maximum atomic E-state index is 6.00. The topological polar surface area (TPSA) is 62.2 Å². The molecular weight excluding hydrogens is 438 g/mol. The van der Waals surface area contributed by atoms with Gasteiger partial charge >= 0.3 is 0 Å². The number of likely N-dealkylation sites (tertiary alicyclic amines) is 1. The van der Waals surface area contributed by atoms with Crippen LogP contribution in [0.1, 0.15) is 30.4 Å². The molecule has 0 spiro atoms. The van der Waals surface area contributed by atoms with E-state index in [2.05, 4.69) is 51.5 Å². The van der Waals surface area contributed by atoms with Gasteiger partial charge in [-0.3, -0.25) is 4.90 Å². The van der Waals surface area contributed by atoms with Crippen LogP contribution >= 0.6 is 0 Å². The minimum Gasteiger partial charge on any atom is -0.497 e. The second kappa shape index (κ2) is 9.84. The van der Waals surface area contributed by atoms with E-state index in [1.54, 1.807) is 7.11 Å². The van der Waals surface area contributed by atoms with E-state index in [9.17, 15) is 0 Å². The molecule has 6 rings (SSSR count). The number of oxime groups is 1. The predicted molar refractivity (Wildman–Crippen MR) is 141 cm³/mol.